The predicted octanol–water partition coefficient (Wildman–Crippen LogP) is 7.58. The number of sulfone groups is 1. The molecular formula is C44H47ClN8O6S2. The fourth-order valence-corrected chi connectivity index (χ4v) is 10.3. The molecule has 318 valence electrons. The standard InChI is InChI=1S/C44H47ClN8O6S2/c1-50(2)21-9-12-35(30-60(56,57)37-13-7-4-8-14-37)48-41-20-17-38(28-43(41)53(54)55)61(58,59)49-44-40-19-16-36(27-42(40)46-31-47-44)52-24-22-51(23-25-52)29-33-26-34(45)15-18-39(33)32-10-5-3-6-11-32/h3-8,10-11,13-20,26-28,31,35,48H,9,12,21-25,29-30H2,1-2H3,(H,46,47,49)/t35-/m1/s1. The third kappa shape index (κ3) is 10.8. The van der Waals surface area contributed by atoms with Crippen molar-refractivity contribution in [3.05, 3.63) is 142 Å². The largest absolute Gasteiger partial charge is 0.376 e. The van der Waals surface area contributed by atoms with E-state index in [-0.39, 0.29) is 27.0 Å². The molecule has 0 amide bonds. The molecule has 17 heteroatoms. The first-order chi connectivity index (χ1) is 29.3. The van der Waals surface area contributed by atoms with Crippen LogP contribution >= 0.6 is 11.6 Å². The number of nitro benzene ring substituents is 1. The molecule has 7 rings (SSSR count). The summed E-state index contributed by atoms with van der Waals surface area (Å²) in [6.07, 6.45) is 2.28. The van der Waals surface area contributed by atoms with Gasteiger partial charge in [-0.15, -0.1) is 0 Å². The Morgan fingerprint density at radius 3 is 2.26 bits per heavy atom. The number of fused-ring (bicyclic) bond motifs is 1. The van der Waals surface area contributed by atoms with E-state index in [0.29, 0.717) is 35.3 Å². The molecule has 0 spiro atoms. The minimum Gasteiger partial charge on any atom is -0.376 e. The predicted molar refractivity (Wildman–Crippen MR) is 242 cm³/mol. The van der Waals surface area contributed by atoms with E-state index in [0.717, 1.165) is 55.6 Å². The Kier molecular flexibility index (Phi) is 13.5. The summed E-state index contributed by atoms with van der Waals surface area (Å²) in [7, 11) is -4.33. The first-order valence-corrected chi connectivity index (χ1v) is 23.3. The van der Waals surface area contributed by atoms with Crippen LogP contribution in [0, 0.1) is 10.1 Å². The van der Waals surface area contributed by atoms with E-state index in [1.54, 1.807) is 24.3 Å². The van der Waals surface area contributed by atoms with Crippen molar-refractivity contribution >= 4 is 65.2 Å². The lowest BCUT2D eigenvalue weighted by molar-refractivity contribution is -0.384. The average Bonchev–Trinajstić information content (AvgIpc) is 3.24. The van der Waals surface area contributed by atoms with Gasteiger partial charge in [0.1, 0.15) is 12.0 Å². The second-order valence-corrected chi connectivity index (χ2v) is 19.4. The van der Waals surface area contributed by atoms with Gasteiger partial charge in [0, 0.05) is 60.9 Å². The maximum Gasteiger partial charge on any atom is 0.293 e. The normalized spacial score (nSPS) is 14.3. The molecule has 0 bridgehead atoms. The van der Waals surface area contributed by atoms with E-state index < -0.39 is 36.5 Å². The van der Waals surface area contributed by atoms with Crippen LogP contribution in [-0.4, -0.2) is 100 Å². The number of hydrogen-bond acceptors (Lipinski definition) is 12. The summed E-state index contributed by atoms with van der Waals surface area (Å²) in [5.41, 5.74) is 4.41. The zero-order valence-electron chi connectivity index (χ0n) is 33.8. The zero-order valence-corrected chi connectivity index (χ0v) is 36.2. The maximum absolute atomic E-state index is 13.8. The highest BCUT2D eigenvalue weighted by atomic mass is 35.5. The number of hydrogen-bond donors (Lipinski definition) is 2. The molecule has 1 atom stereocenters. The zero-order chi connectivity index (χ0) is 43.1. The number of anilines is 3. The molecule has 5 aromatic carbocycles. The number of piperazine rings is 1. The number of halogens is 1. The van der Waals surface area contributed by atoms with Gasteiger partial charge in [-0.05, 0) is 105 Å². The molecule has 2 N–H and O–H groups in total. The molecule has 1 aliphatic rings. The van der Waals surface area contributed by atoms with Gasteiger partial charge < -0.3 is 15.1 Å². The number of nitrogens with zero attached hydrogens (tertiary/aromatic N) is 6. The number of rotatable bonds is 17. The Morgan fingerprint density at radius 2 is 1.56 bits per heavy atom. The van der Waals surface area contributed by atoms with E-state index in [4.69, 9.17) is 11.6 Å². The van der Waals surface area contributed by atoms with E-state index in [9.17, 15) is 26.9 Å². The summed E-state index contributed by atoms with van der Waals surface area (Å²) in [4.78, 5) is 26.7. The molecule has 1 aromatic heterocycles. The van der Waals surface area contributed by atoms with Crippen LogP contribution in [0.1, 0.15) is 18.4 Å². The summed E-state index contributed by atoms with van der Waals surface area (Å²) in [6, 6.07) is 32.7. The summed E-state index contributed by atoms with van der Waals surface area (Å²) in [5.74, 6) is -0.295. The molecule has 0 saturated carbocycles. The monoisotopic (exact) mass is 882 g/mol. The van der Waals surface area contributed by atoms with Gasteiger partial charge in [0.05, 0.1) is 26.0 Å². The smallest absolute Gasteiger partial charge is 0.293 e. The van der Waals surface area contributed by atoms with Crippen molar-refractivity contribution in [2.45, 2.75) is 35.2 Å². The van der Waals surface area contributed by atoms with Crippen LogP contribution in [0.25, 0.3) is 22.0 Å². The first-order valence-electron chi connectivity index (χ1n) is 19.8. The number of benzene rings is 5. The van der Waals surface area contributed by atoms with Crippen LogP contribution in [0.2, 0.25) is 5.02 Å². The molecule has 0 radical (unpaired) electrons. The number of sulfonamides is 1. The highest BCUT2D eigenvalue weighted by Gasteiger charge is 2.27. The molecule has 6 aromatic rings. The van der Waals surface area contributed by atoms with Gasteiger partial charge in [0.15, 0.2) is 15.7 Å². The summed E-state index contributed by atoms with van der Waals surface area (Å²) < 4.78 is 56.7. The van der Waals surface area contributed by atoms with E-state index in [2.05, 4.69) is 48.0 Å². The van der Waals surface area contributed by atoms with Gasteiger partial charge in [0.2, 0.25) is 0 Å². The SMILES string of the molecule is CN(C)CCC[C@H](CS(=O)(=O)c1ccccc1)Nc1ccc(S(=O)(=O)Nc2ncnc3cc(N4CCN(Cc5cc(Cl)ccc5-c5ccccc5)CC4)ccc23)cc1[N+](=O)[O-]. The van der Waals surface area contributed by atoms with E-state index >= 15 is 0 Å². The highest BCUT2D eigenvalue weighted by Crippen LogP contribution is 2.33. The third-order valence-electron chi connectivity index (χ3n) is 10.7. The molecular weight excluding hydrogens is 836 g/mol. The Bertz CT molecular complexity index is 2720. The van der Waals surface area contributed by atoms with Crippen molar-refractivity contribution in [3.8, 4) is 11.1 Å². The van der Waals surface area contributed by atoms with Crippen molar-refractivity contribution in [2.24, 2.45) is 0 Å². The summed E-state index contributed by atoms with van der Waals surface area (Å²) in [6.45, 7) is 4.59. The van der Waals surface area contributed by atoms with Crippen molar-refractivity contribution in [2.75, 3.05) is 67.5 Å². The van der Waals surface area contributed by atoms with Crippen molar-refractivity contribution in [1.29, 1.82) is 0 Å². The van der Waals surface area contributed by atoms with Gasteiger partial charge >= 0.3 is 0 Å². The van der Waals surface area contributed by atoms with E-state index in [1.165, 1.54) is 36.2 Å². The molecule has 1 aliphatic heterocycles. The molecule has 1 saturated heterocycles. The molecule has 0 unspecified atom stereocenters. The Hall–Kier alpha value is -5.65. The van der Waals surface area contributed by atoms with Crippen LogP contribution in [0.15, 0.2) is 131 Å². The number of aromatic nitrogens is 2. The van der Waals surface area contributed by atoms with Gasteiger partial charge in [-0.25, -0.2) is 26.8 Å². The second-order valence-electron chi connectivity index (χ2n) is 15.3. The van der Waals surface area contributed by atoms with Gasteiger partial charge in [-0.3, -0.25) is 19.7 Å². The molecule has 2 heterocycles. The topological polar surface area (TPSA) is 171 Å². The Balaban J connectivity index is 1.04. The molecule has 0 aliphatic carbocycles. The maximum atomic E-state index is 13.8. The van der Waals surface area contributed by atoms with Crippen molar-refractivity contribution in [3.63, 3.8) is 0 Å². The van der Waals surface area contributed by atoms with Gasteiger partial charge in [-0.2, -0.15) is 0 Å². The molecule has 14 nitrogen and oxygen atoms in total. The van der Waals surface area contributed by atoms with Gasteiger partial charge in [0.25, 0.3) is 15.7 Å². The summed E-state index contributed by atoms with van der Waals surface area (Å²) in [5, 5.41) is 16.6. The van der Waals surface area contributed by atoms with Crippen molar-refractivity contribution in [1.82, 2.24) is 19.8 Å². The van der Waals surface area contributed by atoms with Crippen LogP contribution < -0.4 is 14.9 Å². The average molecular weight is 883 g/mol. The fraction of sp³-hybridized carbons (Fsp3) is 0.273. The minimum absolute atomic E-state index is 0.00399. The fourth-order valence-electron chi connectivity index (χ4n) is 7.52. The molecule has 61 heavy (non-hydrogen) atoms. The highest BCUT2D eigenvalue weighted by molar-refractivity contribution is 7.92. The van der Waals surface area contributed by atoms with Crippen molar-refractivity contribution < 1.29 is 21.8 Å². The van der Waals surface area contributed by atoms with Crippen LogP contribution in [0.5, 0.6) is 0 Å². The minimum atomic E-state index is -4.38. The Labute approximate surface area is 361 Å². The quantitative estimate of drug-likeness (QED) is 0.0681. The third-order valence-corrected chi connectivity index (χ3v) is 14.1. The lowest BCUT2D eigenvalue weighted by atomic mass is 9.99. The first kappa shape index (κ1) is 43.4. The summed E-state index contributed by atoms with van der Waals surface area (Å²) >= 11 is 6.42. The van der Waals surface area contributed by atoms with Crippen LogP contribution in [0.4, 0.5) is 22.9 Å². The van der Waals surface area contributed by atoms with Crippen LogP contribution in [-0.2, 0) is 26.4 Å². The lowest BCUT2D eigenvalue weighted by Gasteiger charge is -2.36. The lowest BCUT2D eigenvalue weighted by Crippen LogP contribution is -2.46. The van der Waals surface area contributed by atoms with E-state index in [1.807, 2.05) is 61.5 Å². The van der Waals surface area contributed by atoms with Crippen LogP contribution in [0.3, 0.4) is 0 Å². The number of nitrogens with one attached hydrogen (secondary N) is 2. The second kappa shape index (κ2) is 19.0. The Morgan fingerprint density at radius 1 is 0.836 bits per heavy atom. The molecule has 1 fully saturated rings. The van der Waals surface area contributed by atoms with Gasteiger partial charge in [-0.1, -0.05) is 66.2 Å². The number of nitro groups is 1.